The molecule has 1 amide bonds. The summed E-state index contributed by atoms with van der Waals surface area (Å²) in [6.45, 7) is 2.22. The fourth-order valence-corrected chi connectivity index (χ4v) is 2.21. The minimum atomic E-state index is -0.324. The van der Waals surface area contributed by atoms with Gasteiger partial charge in [0.25, 0.3) is 0 Å². The second kappa shape index (κ2) is 10.4. The van der Waals surface area contributed by atoms with Crippen LogP contribution in [0.25, 0.3) is 0 Å². The van der Waals surface area contributed by atoms with Crippen molar-refractivity contribution in [2.45, 2.75) is 64.7 Å². The molecule has 2 nitrogen and oxygen atoms in total. The molecular weight excluding hydrogens is 253 g/mol. The number of anilines is 1. The van der Waals surface area contributed by atoms with Crippen LogP contribution in [-0.2, 0) is 4.79 Å². The van der Waals surface area contributed by atoms with E-state index in [1.165, 1.54) is 50.7 Å². The zero-order valence-corrected chi connectivity index (χ0v) is 12.5. The van der Waals surface area contributed by atoms with E-state index in [0.717, 1.165) is 12.8 Å². The summed E-state index contributed by atoms with van der Waals surface area (Å²) in [6.07, 6.45) is 10.3. The lowest BCUT2D eigenvalue weighted by Gasteiger charge is -2.05. The van der Waals surface area contributed by atoms with Crippen molar-refractivity contribution in [2.75, 3.05) is 5.32 Å². The predicted molar refractivity (Wildman–Crippen MR) is 82.3 cm³/mol. The molecule has 0 bridgehead atoms. The van der Waals surface area contributed by atoms with Crippen LogP contribution in [0, 0.1) is 5.82 Å². The maximum absolute atomic E-state index is 12.9. The minimum Gasteiger partial charge on any atom is -0.326 e. The van der Waals surface area contributed by atoms with Gasteiger partial charge < -0.3 is 5.32 Å². The van der Waals surface area contributed by atoms with Gasteiger partial charge in [0.2, 0.25) is 5.91 Å². The van der Waals surface area contributed by atoms with Crippen LogP contribution in [-0.4, -0.2) is 5.91 Å². The first-order valence-electron chi connectivity index (χ1n) is 7.78. The van der Waals surface area contributed by atoms with Gasteiger partial charge in [0.1, 0.15) is 5.82 Å². The predicted octanol–water partition coefficient (Wildman–Crippen LogP) is 5.30. The highest BCUT2D eigenvalue weighted by Crippen LogP contribution is 2.12. The zero-order chi connectivity index (χ0) is 14.6. The third-order valence-electron chi connectivity index (χ3n) is 3.37. The van der Waals surface area contributed by atoms with Gasteiger partial charge >= 0.3 is 0 Å². The van der Waals surface area contributed by atoms with Crippen LogP contribution in [0.3, 0.4) is 0 Å². The second-order valence-electron chi connectivity index (χ2n) is 5.28. The summed E-state index contributed by atoms with van der Waals surface area (Å²) in [5.74, 6) is -0.350. The molecule has 0 spiro atoms. The van der Waals surface area contributed by atoms with Gasteiger partial charge in [0.05, 0.1) is 0 Å². The SMILES string of the molecule is CCCCCCCCCCC(=O)Nc1cccc(F)c1. The number of halogens is 1. The number of carbonyl (C=O) groups is 1. The lowest BCUT2D eigenvalue weighted by atomic mass is 10.1. The van der Waals surface area contributed by atoms with Crippen molar-refractivity contribution in [1.29, 1.82) is 0 Å². The van der Waals surface area contributed by atoms with Gasteiger partial charge in [-0.05, 0) is 24.6 Å². The van der Waals surface area contributed by atoms with E-state index < -0.39 is 0 Å². The molecule has 3 heteroatoms. The summed E-state index contributed by atoms with van der Waals surface area (Å²) < 4.78 is 12.9. The molecule has 1 rings (SSSR count). The number of carbonyl (C=O) groups excluding carboxylic acids is 1. The number of hydrogen-bond acceptors (Lipinski definition) is 1. The van der Waals surface area contributed by atoms with Crippen molar-refractivity contribution in [3.8, 4) is 0 Å². The normalized spacial score (nSPS) is 10.5. The van der Waals surface area contributed by atoms with E-state index in [-0.39, 0.29) is 11.7 Å². The summed E-state index contributed by atoms with van der Waals surface area (Å²) in [6, 6.07) is 6.01. The Bertz CT molecular complexity index is 392. The molecule has 0 unspecified atom stereocenters. The topological polar surface area (TPSA) is 29.1 Å². The molecule has 0 aliphatic rings. The van der Waals surface area contributed by atoms with Gasteiger partial charge in [0, 0.05) is 12.1 Å². The van der Waals surface area contributed by atoms with Crippen molar-refractivity contribution < 1.29 is 9.18 Å². The molecule has 0 aliphatic heterocycles. The highest BCUT2D eigenvalue weighted by atomic mass is 19.1. The summed E-state index contributed by atoms with van der Waals surface area (Å²) in [5.41, 5.74) is 0.537. The maximum atomic E-state index is 12.9. The Morgan fingerprint density at radius 3 is 2.35 bits per heavy atom. The first kappa shape index (κ1) is 16.7. The Balaban J connectivity index is 2.03. The third-order valence-corrected chi connectivity index (χ3v) is 3.37. The quantitative estimate of drug-likeness (QED) is 0.579. The fourth-order valence-electron chi connectivity index (χ4n) is 2.21. The molecule has 20 heavy (non-hydrogen) atoms. The van der Waals surface area contributed by atoms with Gasteiger partial charge in [-0.25, -0.2) is 4.39 Å². The average Bonchev–Trinajstić information content (AvgIpc) is 2.42. The van der Waals surface area contributed by atoms with E-state index in [1.54, 1.807) is 12.1 Å². The Kier molecular flexibility index (Phi) is 8.68. The van der Waals surface area contributed by atoms with Crippen LogP contribution in [0.15, 0.2) is 24.3 Å². The van der Waals surface area contributed by atoms with Crippen LogP contribution in [0.1, 0.15) is 64.7 Å². The lowest BCUT2D eigenvalue weighted by molar-refractivity contribution is -0.116. The van der Waals surface area contributed by atoms with Crippen LogP contribution < -0.4 is 5.32 Å². The third kappa shape index (κ3) is 7.93. The van der Waals surface area contributed by atoms with Gasteiger partial charge in [-0.15, -0.1) is 0 Å². The zero-order valence-electron chi connectivity index (χ0n) is 12.5. The lowest BCUT2D eigenvalue weighted by Crippen LogP contribution is -2.11. The van der Waals surface area contributed by atoms with Gasteiger partial charge in [-0.3, -0.25) is 4.79 Å². The molecule has 0 radical (unpaired) electrons. The number of unbranched alkanes of at least 4 members (excludes halogenated alkanes) is 7. The van der Waals surface area contributed by atoms with E-state index in [1.807, 2.05) is 0 Å². The molecule has 1 aromatic carbocycles. The fraction of sp³-hybridized carbons (Fsp3) is 0.588. The number of benzene rings is 1. The van der Waals surface area contributed by atoms with Crippen molar-refractivity contribution in [2.24, 2.45) is 0 Å². The van der Waals surface area contributed by atoms with Crippen LogP contribution in [0.4, 0.5) is 10.1 Å². The summed E-state index contributed by atoms with van der Waals surface area (Å²) >= 11 is 0. The molecule has 1 N–H and O–H groups in total. The molecule has 0 saturated carbocycles. The van der Waals surface area contributed by atoms with E-state index in [9.17, 15) is 9.18 Å². The Hall–Kier alpha value is -1.38. The molecule has 0 aromatic heterocycles. The first-order valence-corrected chi connectivity index (χ1v) is 7.78. The van der Waals surface area contributed by atoms with Crippen LogP contribution in [0.2, 0.25) is 0 Å². The molecule has 0 atom stereocenters. The van der Waals surface area contributed by atoms with Crippen LogP contribution >= 0.6 is 0 Å². The molecular formula is C17H26FNO. The van der Waals surface area contributed by atoms with E-state index in [2.05, 4.69) is 12.2 Å². The van der Waals surface area contributed by atoms with Gasteiger partial charge in [-0.2, -0.15) is 0 Å². The van der Waals surface area contributed by atoms with Crippen molar-refractivity contribution in [1.82, 2.24) is 0 Å². The summed E-state index contributed by atoms with van der Waals surface area (Å²) in [4.78, 5) is 11.7. The smallest absolute Gasteiger partial charge is 0.224 e. The molecule has 112 valence electrons. The largest absolute Gasteiger partial charge is 0.326 e. The highest BCUT2D eigenvalue weighted by Gasteiger charge is 2.02. The van der Waals surface area contributed by atoms with Gasteiger partial charge in [0.15, 0.2) is 0 Å². The number of nitrogens with one attached hydrogen (secondary N) is 1. The second-order valence-corrected chi connectivity index (χ2v) is 5.28. The Morgan fingerprint density at radius 2 is 1.70 bits per heavy atom. The molecule has 1 aromatic rings. The number of hydrogen-bond donors (Lipinski definition) is 1. The molecule has 0 heterocycles. The van der Waals surface area contributed by atoms with Crippen molar-refractivity contribution in [3.63, 3.8) is 0 Å². The maximum Gasteiger partial charge on any atom is 0.224 e. The van der Waals surface area contributed by atoms with Crippen LogP contribution in [0.5, 0.6) is 0 Å². The Labute approximate surface area is 121 Å². The molecule has 0 aliphatic carbocycles. The number of amides is 1. The molecule has 0 saturated heterocycles. The average molecular weight is 279 g/mol. The van der Waals surface area contributed by atoms with Gasteiger partial charge in [-0.1, -0.05) is 57.9 Å². The van der Waals surface area contributed by atoms with Crippen molar-refractivity contribution in [3.05, 3.63) is 30.1 Å². The van der Waals surface area contributed by atoms with Crippen molar-refractivity contribution >= 4 is 11.6 Å². The Morgan fingerprint density at radius 1 is 1.05 bits per heavy atom. The number of rotatable bonds is 10. The monoisotopic (exact) mass is 279 g/mol. The summed E-state index contributed by atoms with van der Waals surface area (Å²) in [5, 5.41) is 2.72. The minimum absolute atomic E-state index is 0.0263. The first-order chi connectivity index (χ1) is 9.72. The van der Waals surface area contributed by atoms with E-state index in [4.69, 9.17) is 0 Å². The summed E-state index contributed by atoms with van der Waals surface area (Å²) in [7, 11) is 0. The molecule has 0 fully saturated rings. The highest BCUT2D eigenvalue weighted by molar-refractivity contribution is 5.90. The van der Waals surface area contributed by atoms with E-state index in [0.29, 0.717) is 12.1 Å². The standard InChI is InChI=1S/C17H26FNO/c1-2-3-4-5-6-7-8-9-13-17(20)19-16-12-10-11-15(18)14-16/h10-12,14H,2-9,13H2,1H3,(H,19,20). The van der Waals surface area contributed by atoms with E-state index >= 15 is 0 Å².